The Hall–Kier alpha value is -3.65. The molecule has 2 aromatic heterocycles. The standard InChI is InChI=1S/C31H34FN5O6S/c32-24-1-3-25(4-2-24)37-28-15-23-7-8-36(44(40,41)27-5-6-29(33-18-27)35-9-11-42-12-10-35)20-31(23,16-22(28)17-34-37)30(39)43-19-21-13-26(38)14-21/h1-6,15,17-18,21,26,38H,7-14,16,19-20H2/t21?,26?,31-/m0/s1. The summed E-state index contributed by atoms with van der Waals surface area (Å²) in [6.07, 6.45) is 6.27. The molecule has 0 amide bonds. The number of pyridine rings is 1. The van der Waals surface area contributed by atoms with E-state index in [1.54, 1.807) is 35.1 Å². The Kier molecular flexibility index (Phi) is 7.51. The number of carbonyl (C=O) groups excluding carboxylic acids is 1. The second-order valence-corrected chi connectivity index (χ2v) is 13.9. The molecule has 1 atom stereocenters. The molecule has 0 bridgehead atoms. The molecular weight excluding hydrogens is 589 g/mol. The normalized spacial score (nSPS) is 25.4. The van der Waals surface area contributed by atoms with E-state index in [9.17, 15) is 22.7 Å². The van der Waals surface area contributed by atoms with E-state index in [1.165, 1.54) is 22.6 Å². The van der Waals surface area contributed by atoms with Crippen LogP contribution in [0.5, 0.6) is 0 Å². The molecule has 1 saturated carbocycles. The molecule has 44 heavy (non-hydrogen) atoms. The Bertz CT molecular complexity index is 1680. The molecule has 2 aliphatic carbocycles. The lowest BCUT2D eigenvalue weighted by Crippen LogP contribution is -2.54. The molecule has 4 heterocycles. The third-order valence-electron chi connectivity index (χ3n) is 9.20. The molecule has 2 aliphatic heterocycles. The fourth-order valence-electron chi connectivity index (χ4n) is 6.60. The lowest BCUT2D eigenvalue weighted by atomic mass is 9.68. The Morgan fingerprint density at radius 1 is 1.09 bits per heavy atom. The van der Waals surface area contributed by atoms with Crippen LogP contribution in [0, 0.1) is 17.2 Å². The van der Waals surface area contributed by atoms with E-state index < -0.39 is 21.4 Å². The Balaban J connectivity index is 1.19. The molecule has 1 aromatic carbocycles. The average molecular weight is 624 g/mol. The second kappa shape index (κ2) is 11.4. The van der Waals surface area contributed by atoms with Crippen LogP contribution in [0.25, 0.3) is 11.8 Å². The zero-order valence-corrected chi connectivity index (χ0v) is 25.0. The number of nitrogens with zero attached hydrogens (tertiary/aromatic N) is 5. The highest BCUT2D eigenvalue weighted by molar-refractivity contribution is 7.89. The van der Waals surface area contributed by atoms with Gasteiger partial charge in [0.15, 0.2) is 0 Å². The van der Waals surface area contributed by atoms with Crippen LogP contribution in [0.4, 0.5) is 10.2 Å². The Morgan fingerprint density at radius 3 is 2.57 bits per heavy atom. The number of aliphatic hydroxyl groups is 1. The molecule has 4 aliphatic rings. The van der Waals surface area contributed by atoms with Gasteiger partial charge in [0.1, 0.15) is 21.9 Å². The van der Waals surface area contributed by atoms with Gasteiger partial charge in [-0.25, -0.2) is 22.5 Å². The number of rotatable bonds is 7. The number of carbonyl (C=O) groups is 1. The highest BCUT2D eigenvalue weighted by Gasteiger charge is 2.52. The van der Waals surface area contributed by atoms with Crippen molar-refractivity contribution in [2.45, 2.75) is 36.7 Å². The summed E-state index contributed by atoms with van der Waals surface area (Å²) in [5.74, 6) is -0.0627. The van der Waals surface area contributed by atoms with Gasteiger partial charge in [0, 0.05) is 32.4 Å². The minimum atomic E-state index is -3.98. The van der Waals surface area contributed by atoms with Gasteiger partial charge >= 0.3 is 5.97 Å². The molecule has 0 unspecified atom stereocenters. The van der Waals surface area contributed by atoms with E-state index in [0.717, 1.165) is 16.8 Å². The summed E-state index contributed by atoms with van der Waals surface area (Å²) < 4.78 is 55.8. The van der Waals surface area contributed by atoms with E-state index >= 15 is 0 Å². The first-order valence-corrected chi connectivity index (χ1v) is 16.3. The number of morpholine rings is 1. The number of benzene rings is 1. The summed E-state index contributed by atoms with van der Waals surface area (Å²) >= 11 is 0. The smallest absolute Gasteiger partial charge is 0.317 e. The summed E-state index contributed by atoms with van der Waals surface area (Å²) in [5.41, 5.74) is 1.76. The zero-order valence-electron chi connectivity index (χ0n) is 24.1. The number of sulfonamides is 1. The van der Waals surface area contributed by atoms with Crippen LogP contribution in [-0.4, -0.2) is 90.7 Å². The molecule has 11 nitrogen and oxygen atoms in total. The van der Waals surface area contributed by atoms with Gasteiger partial charge in [-0.05, 0) is 85.2 Å². The van der Waals surface area contributed by atoms with Crippen molar-refractivity contribution < 1.29 is 32.2 Å². The number of aromatic nitrogens is 3. The highest BCUT2D eigenvalue weighted by atomic mass is 32.2. The van der Waals surface area contributed by atoms with Crippen molar-refractivity contribution in [2.24, 2.45) is 11.3 Å². The fraction of sp³-hybridized carbons (Fsp3) is 0.452. The Labute approximate surface area is 254 Å². The SMILES string of the molecule is O=C(OCC1CC(O)C1)[C@]12Cc3cnn(-c4ccc(F)cc4)c3C=C1CCN(S(=O)(=O)c1ccc(N3CCOCC3)nc1)C2. The monoisotopic (exact) mass is 623 g/mol. The maximum atomic E-state index is 14.0. The molecule has 2 saturated heterocycles. The topological polar surface area (TPSA) is 127 Å². The molecule has 13 heteroatoms. The quantitative estimate of drug-likeness (QED) is 0.395. The average Bonchev–Trinajstić information content (AvgIpc) is 3.44. The molecule has 1 N–H and O–H groups in total. The second-order valence-electron chi connectivity index (χ2n) is 12.0. The maximum absolute atomic E-state index is 14.0. The number of piperidine rings is 1. The minimum absolute atomic E-state index is 0.0644. The van der Waals surface area contributed by atoms with Gasteiger partial charge in [0.2, 0.25) is 10.0 Å². The summed E-state index contributed by atoms with van der Waals surface area (Å²) in [4.78, 5) is 20.5. The number of anilines is 1. The van der Waals surface area contributed by atoms with Crippen molar-refractivity contribution in [3.05, 3.63) is 71.4 Å². The van der Waals surface area contributed by atoms with E-state index in [-0.39, 0.29) is 48.9 Å². The Morgan fingerprint density at radius 2 is 1.86 bits per heavy atom. The van der Waals surface area contributed by atoms with Crippen molar-refractivity contribution in [1.29, 1.82) is 0 Å². The van der Waals surface area contributed by atoms with Gasteiger partial charge in [-0.1, -0.05) is 0 Å². The van der Waals surface area contributed by atoms with Gasteiger partial charge in [0.25, 0.3) is 0 Å². The van der Waals surface area contributed by atoms with Crippen molar-refractivity contribution in [3.63, 3.8) is 0 Å². The van der Waals surface area contributed by atoms with Gasteiger partial charge in [0.05, 0.1) is 43.5 Å². The number of ether oxygens (including phenoxy) is 2. The minimum Gasteiger partial charge on any atom is -0.465 e. The van der Waals surface area contributed by atoms with Crippen LogP contribution in [0.15, 0.2) is 59.3 Å². The van der Waals surface area contributed by atoms with E-state index in [0.29, 0.717) is 57.1 Å². The first kappa shape index (κ1) is 29.1. The van der Waals surface area contributed by atoms with Crippen LogP contribution < -0.4 is 4.90 Å². The first-order chi connectivity index (χ1) is 21.2. The van der Waals surface area contributed by atoms with Crippen molar-refractivity contribution >= 4 is 27.9 Å². The largest absolute Gasteiger partial charge is 0.465 e. The molecule has 3 fully saturated rings. The molecule has 3 aromatic rings. The predicted molar refractivity (Wildman–Crippen MR) is 158 cm³/mol. The molecule has 232 valence electrons. The third-order valence-corrected chi connectivity index (χ3v) is 11.0. The van der Waals surface area contributed by atoms with Crippen LogP contribution in [-0.2, 0) is 30.7 Å². The van der Waals surface area contributed by atoms with Crippen molar-refractivity contribution in [3.8, 4) is 5.69 Å². The summed E-state index contributed by atoms with van der Waals surface area (Å²) in [6.45, 7) is 2.83. The number of hydrogen-bond acceptors (Lipinski definition) is 9. The van der Waals surface area contributed by atoms with Crippen LogP contribution in [0.3, 0.4) is 0 Å². The summed E-state index contributed by atoms with van der Waals surface area (Å²) in [6, 6.07) is 9.28. The number of aliphatic hydroxyl groups excluding tert-OH is 1. The van der Waals surface area contributed by atoms with Gasteiger partial charge < -0.3 is 19.5 Å². The lowest BCUT2D eigenvalue weighted by molar-refractivity contribution is -0.158. The van der Waals surface area contributed by atoms with Crippen molar-refractivity contribution in [1.82, 2.24) is 19.1 Å². The molecule has 7 rings (SSSR count). The van der Waals surface area contributed by atoms with Crippen LogP contribution in [0.1, 0.15) is 30.5 Å². The van der Waals surface area contributed by atoms with Gasteiger partial charge in [-0.3, -0.25) is 4.79 Å². The lowest BCUT2D eigenvalue weighted by Gasteiger charge is -2.44. The number of hydrogen-bond donors (Lipinski definition) is 1. The molecule has 0 spiro atoms. The third kappa shape index (κ3) is 5.21. The van der Waals surface area contributed by atoms with Crippen LogP contribution in [0.2, 0.25) is 0 Å². The van der Waals surface area contributed by atoms with E-state index in [2.05, 4.69) is 15.0 Å². The maximum Gasteiger partial charge on any atom is 0.317 e. The van der Waals surface area contributed by atoms with Crippen molar-refractivity contribution in [2.75, 3.05) is 50.9 Å². The van der Waals surface area contributed by atoms with Gasteiger partial charge in [-0.2, -0.15) is 9.40 Å². The number of fused-ring (bicyclic) bond motifs is 2. The predicted octanol–water partition coefficient (Wildman–Crippen LogP) is 2.58. The highest BCUT2D eigenvalue weighted by Crippen LogP contribution is 2.46. The summed E-state index contributed by atoms with van der Waals surface area (Å²) in [7, 11) is -3.98. The van der Waals surface area contributed by atoms with Crippen LogP contribution >= 0.6 is 0 Å². The zero-order chi connectivity index (χ0) is 30.5. The molecule has 0 radical (unpaired) electrons. The first-order valence-electron chi connectivity index (χ1n) is 14.9. The number of esters is 1. The molecular formula is C31H34FN5O6S. The van der Waals surface area contributed by atoms with Gasteiger partial charge in [-0.15, -0.1) is 0 Å². The van der Waals surface area contributed by atoms with E-state index in [1.807, 2.05) is 6.08 Å². The summed E-state index contributed by atoms with van der Waals surface area (Å²) in [5, 5.41) is 14.2. The van der Waals surface area contributed by atoms with E-state index in [4.69, 9.17) is 9.47 Å². The fourth-order valence-corrected chi connectivity index (χ4v) is 8.05. The number of halogens is 1.